The van der Waals surface area contributed by atoms with E-state index in [1.807, 2.05) is 30.3 Å². The first-order valence-corrected chi connectivity index (χ1v) is 6.27. The van der Waals surface area contributed by atoms with Crippen molar-refractivity contribution in [1.82, 2.24) is 5.32 Å². The van der Waals surface area contributed by atoms with Crippen LogP contribution < -0.4 is 5.32 Å². The molecule has 3 heteroatoms. The number of ketones is 1. The van der Waals surface area contributed by atoms with E-state index in [1.54, 1.807) is 0 Å². The van der Waals surface area contributed by atoms with Crippen molar-refractivity contribution in [2.24, 2.45) is 5.92 Å². The quantitative estimate of drug-likeness (QED) is 0.809. The first-order valence-electron chi connectivity index (χ1n) is 6.27. The molecule has 4 atom stereocenters. The van der Waals surface area contributed by atoms with Crippen LogP contribution in [-0.2, 0) is 4.79 Å². The minimum Gasteiger partial charge on any atom is -0.388 e. The summed E-state index contributed by atoms with van der Waals surface area (Å²) >= 11 is 0. The van der Waals surface area contributed by atoms with Crippen molar-refractivity contribution in [1.29, 1.82) is 0 Å². The molecular weight excluding hydrogens is 214 g/mol. The second kappa shape index (κ2) is 4.24. The first kappa shape index (κ1) is 10.9. The SMILES string of the molecule is O=C1C[C@H]2CC[C@H](N2)[C@@H]1C(O)c1ccccc1. The Balaban J connectivity index is 1.85. The van der Waals surface area contributed by atoms with Crippen LogP contribution in [0.15, 0.2) is 30.3 Å². The third kappa shape index (κ3) is 1.90. The molecule has 0 radical (unpaired) electrons. The molecule has 1 aromatic rings. The van der Waals surface area contributed by atoms with E-state index in [4.69, 9.17) is 0 Å². The molecular formula is C14H17NO2. The second-order valence-electron chi connectivity index (χ2n) is 5.10. The fourth-order valence-corrected chi connectivity index (χ4v) is 3.15. The lowest BCUT2D eigenvalue weighted by Gasteiger charge is -2.32. The lowest BCUT2D eigenvalue weighted by atomic mass is 9.83. The van der Waals surface area contributed by atoms with E-state index in [2.05, 4.69) is 5.32 Å². The van der Waals surface area contributed by atoms with Crippen molar-refractivity contribution < 1.29 is 9.90 Å². The summed E-state index contributed by atoms with van der Waals surface area (Å²) in [5.41, 5.74) is 0.845. The molecule has 3 nitrogen and oxygen atoms in total. The number of Topliss-reactive ketones (excluding diaryl/α,β-unsaturated/α-hetero) is 1. The van der Waals surface area contributed by atoms with Crippen molar-refractivity contribution in [3.63, 3.8) is 0 Å². The molecule has 2 bridgehead atoms. The van der Waals surface area contributed by atoms with E-state index in [1.165, 1.54) is 0 Å². The highest BCUT2D eigenvalue weighted by molar-refractivity contribution is 5.84. The number of hydrogen-bond donors (Lipinski definition) is 2. The summed E-state index contributed by atoms with van der Waals surface area (Å²) in [6.45, 7) is 0. The topological polar surface area (TPSA) is 49.3 Å². The Morgan fingerprint density at radius 2 is 2.00 bits per heavy atom. The van der Waals surface area contributed by atoms with Crippen LogP contribution in [0.3, 0.4) is 0 Å². The Kier molecular flexibility index (Phi) is 2.73. The van der Waals surface area contributed by atoms with Gasteiger partial charge in [0.2, 0.25) is 0 Å². The van der Waals surface area contributed by atoms with Gasteiger partial charge in [0.15, 0.2) is 0 Å². The van der Waals surface area contributed by atoms with Crippen molar-refractivity contribution in [3.05, 3.63) is 35.9 Å². The van der Waals surface area contributed by atoms with Gasteiger partial charge in [0.25, 0.3) is 0 Å². The summed E-state index contributed by atoms with van der Waals surface area (Å²) in [6.07, 6.45) is 1.98. The minimum atomic E-state index is -0.666. The number of aliphatic hydroxyl groups is 1. The molecule has 2 aliphatic rings. The lowest BCUT2D eigenvalue weighted by molar-refractivity contribution is -0.129. The third-order valence-corrected chi connectivity index (χ3v) is 4.01. The highest BCUT2D eigenvalue weighted by atomic mass is 16.3. The predicted octanol–water partition coefficient (Wildman–Crippen LogP) is 1.43. The Morgan fingerprint density at radius 3 is 2.76 bits per heavy atom. The number of benzene rings is 1. The number of fused-ring (bicyclic) bond motifs is 2. The molecule has 0 aromatic heterocycles. The van der Waals surface area contributed by atoms with E-state index < -0.39 is 6.10 Å². The fourth-order valence-electron chi connectivity index (χ4n) is 3.15. The molecule has 2 saturated heterocycles. The van der Waals surface area contributed by atoms with Gasteiger partial charge in [0.1, 0.15) is 5.78 Å². The molecule has 2 aliphatic heterocycles. The summed E-state index contributed by atoms with van der Waals surface area (Å²) in [5, 5.41) is 13.8. The molecule has 1 aromatic carbocycles. The Bertz CT molecular complexity index is 417. The number of hydrogen-bond acceptors (Lipinski definition) is 3. The van der Waals surface area contributed by atoms with E-state index >= 15 is 0 Å². The third-order valence-electron chi connectivity index (χ3n) is 4.01. The first-order chi connectivity index (χ1) is 8.25. The van der Waals surface area contributed by atoms with Crippen LogP contribution in [0, 0.1) is 5.92 Å². The van der Waals surface area contributed by atoms with Crippen LogP contribution in [0.25, 0.3) is 0 Å². The van der Waals surface area contributed by atoms with Crippen LogP contribution in [-0.4, -0.2) is 23.0 Å². The van der Waals surface area contributed by atoms with Crippen molar-refractivity contribution in [3.8, 4) is 0 Å². The van der Waals surface area contributed by atoms with Gasteiger partial charge in [-0.15, -0.1) is 0 Å². The molecule has 1 unspecified atom stereocenters. The molecule has 2 fully saturated rings. The summed E-state index contributed by atoms with van der Waals surface area (Å²) in [5.74, 6) is -0.0521. The van der Waals surface area contributed by atoms with Gasteiger partial charge in [0, 0.05) is 18.5 Å². The molecule has 0 saturated carbocycles. The predicted molar refractivity (Wildman–Crippen MR) is 64.5 cm³/mol. The Morgan fingerprint density at radius 1 is 1.24 bits per heavy atom. The van der Waals surface area contributed by atoms with Crippen LogP contribution in [0.2, 0.25) is 0 Å². The van der Waals surface area contributed by atoms with Gasteiger partial charge >= 0.3 is 0 Å². The number of piperidine rings is 1. The number of aliphatic hydroxyl groups excluding tert-OH is 1. The fraction of sp³-hybridized carbons (Fsp3) is 0.500. The Labute approximate surface area is 101 Å². The zero-order valence-electron chi connectivity index (χ0n) is 9.67. The summed E-state index contributed by atoms with van der Waals surface area (Å²) in [6, 6.07) is 10.0. The van der Waals surface area contributed by atoms with Gasteiger partial charge in [-0.1, -0.05) is 30.3 Å². The maximum Gasteiger partial charge on any atom is 0.142 e. The van der Waals surface area contributed by atoms with Gasteiger partial charge < -0.3 is 10.4 Å². The molecule has 3 rings (SSSR count). The standard InChI is InChI=1S/C14H17NO2/c16-12-8-10-6-7-11(15-10)13(12)14(17)9-4-2-1-3-5-9/h1-5,10-11,13-15,17H,6-8H2/t10-,11+,13+,14?/m1/s1. The van der Waals surface area contributed by atoms with E-state index in [0.29, 0.717) is 12.5 Å². The van der Waals surface area contributed by atoms with Gasteiger partial charge in [0.05, 0.1) is 12.0 Å². The maximum absolute atomic E-state index is 12.1. The van der Waals surface area contributed by atoms with Gasteiger partial charge in [-0.25, -0.2) is 0 Å². The zero-order valence-corrected chi connectivity index (χ0v) is 9.67. The molecule has 90 valence electrons. The van der Waals surface area contributed by atoms with Gasteiger partial charge in [-0.05, 0) is 18.4 Å². The molecule has 0 spiro atoms. The number of rotatable bonds is 2. The summed E-state index contributed by atoms with van der Waals surface area (Å²) < 4.78 is 0. The molecule has 2 heterocycles. The molecule has 0 amide bonds. The number of nitrogens with one attached hydrogen (secondary N) is 1. The van der Waals surface area contributed by atoms with Crippen molar-refractivity contribution in [2.45, 2.75) is 37.5 Å². The van der Waals surface area contributed by atoms with Crippen LogP contribution in [0.1, 0.15) is 30.9 Å². The molecule has 17 heavy (non-hydrogen) atoms. The monoisotopic (exact) mass is 231 g/mol. The van der Waals surface area contributed by atoms with Crippen molar-refractivity contribution >= 4 is 5.78 Å². The molecule has 0 aliphatic carbocycles. The van der Waals surface area contributed by atoms with Crippen LogP contribution in [0.5, 0.6) is 0 Å². The van der Waals surface area contributed by atoms with Gasteiger partial charge in [-0.2, -0.15) is 0 Å². The van der Waals surface area contributed by atoms with Gasteiger partial charge in [-0.3, -0.25) is 4.79 Å². The normalized spacial score (nSPS) is 33.7. The second-order valence-corrected chi connectivity index (χ2v) is 5.10. The maximum atomic E-state index is 12.1. The lowest BCUT2D eigenvalue weighted by Crippen LogP contribution is -2.48. The number of carbonyl (C=O) groups excluding carboxylic acids is 1. The summed E-state index contributed by atoms with van der Waals surface area (Å²) in [7, 11) is 0. The smallest absolute Gasteiger partial charge is 0.142 e. The van der Waals surface area contributed by atoms with E-state index in [0.717, 1.165) is 18.4 Å². The van der Waals surface area contributed by atoms with E-state index in [-0.39, 0.29) is 17.7 Å². The highest BCUT2D eigenvalue weighted by Crippen LogP contribution is 2.36. The van der Waals surface area contributed by atoms with Crippen LogP contribution >= 0.6 is 0 Å². The highest BCUT2D eigenvalue weighted by Gasteiger charge is 2.44. The molecule has 2 N–H and O–H groups in total. The largest absolute Gasteiger partial charge is 0.388 e. The number of carbonyl (C=O) groups is 1. The van der Waals surface area contributed by atoms with Crippen LogP contribution in [0.4, 0.5) is 0 Å². The average Bonchev–Trinajstić information content (AvgIpc) is 2.73. The Hall–Kier alpha value is -1.19. The minimum absolute atomic E-state index is 0.163. The zero-order chi connectivity index (χ0) is 11.8. The van der Waals surface area contributed by atoms with Crippen molar-refractivity contribution in [2.75, 3.05) is 0 Å². The average molecular weight is 231 g/mol. The van der Waals surface area contributed by atoms with E-state index in [9.17, 15) is 9.90 Å². The summed E-state index contributed by atoms with van der Waals surface area (Å²) in [4.78, 5) is 12.1.